The van der Waals surface area contributed by atoms with Crippen molar-refractivity contribution in [3.05, 3.63) is 16.6 Å². The predicted octanol–water partition coefficient (Wildman–Crippen LogP) is 0.358. The van der Waals surface area contributed by atoms with E-state index in [0.29, 0.717) is 25.9 Å². The summed E-state index contributed by atoms with van der Waals surface area (Å²) in [6, 6.07) is 0. The molecule has 0 radical (unpaired) electrons. The van der Waals surface area contributed by atoms with Gasteiger partial charge in [-0.3, -0.25) is 4.79 Å². The van der Waals surface area contributed by atoms with E-state index < -0.39 is 23.9 Å². The molecule has 1 aromatic rings. The number of nitrogens with zero attached hydrogens (tertiary/aromatic N) is 3. The monoisotopic (exact) mass is 347 g/mol. The number of aromatic nitrogens is 2. The molecule has 24 heavy (non-hydrogen) atoms. The van der Waals surface area contributed by atoms with E-state index in [-0.39, 0.29) is 17.3 Å². The minimum atomic E-state index is -5.13. The molecule has 3 rings (SSSR count). The van der Waals surface area contributed by atoms with Crippen molar-refractivity contribution in [1.29, 1.82) is 0 Å². The van der Waals surface area contributed by atoms with E-state index >= 15 is 0 Å². The molecule has 3 heterocycles. The topological polar surface area (TPSA) is 88.5 Å². The van der Waals surface area contributed by atoms with Gasteiger partial charge in [-0.1, -0.05) is 0 Å². The average molecular weight is 347 g/mol. The predicted molar refractivity (Wildman–Crippen MR) is 77.1 cm³/mol. The van der Waals surface area contributed by atoms with Crippen LogP contribution in [0, 0.1) is 5.92 Å². The Labute approximate surface area is 134 Å². The molecule has 0 spiro atoms. The molecule has 1 aromatic heterocycles. The molecule has 2 N–H and O–H groups in total. The van der Waals surface area contributed by atoms with E-state index in [4.69, 9.17) is 0 Å². The fourth-order valence-corrected chi connectivity index (χ4v) is 2.91. The Kier molecular flexibility index (Phi) is 4.11. The maximum Gasteiger partial charge on any atom is 0.493 e. The van der Waals surface area contributed by atoms with Gasteiger partial charge in [0.25, 0.3) is 5.56 Å². The molecule has 11 heteroatoms. The highest BCUT2D eigenvalue weighted by atomic mass is 19.4. The van der Waals surface area contributed by atoms with Gasteiger partial charge < -0.3 is 15.5 Å². The van der Waals surface area contributed by atoms with Crippen LogP contribution in [0.2, 0.25) is 0 Å². The van der Waals surface area contributed by atoms with Gasteiger partial charge in [0.2, 0.25) is 0 Å². The lowest BCUT2D eigenvalue weighted by Gasteiger charge is -2.33. The summed E-state index contributed by atoms with van der Waals surface area (Å²) < 4.78 is 38.8. The number of alkyl halides is 3. The summed E-state index contributed by atoms with van der Waals surface area (Å²) in [6.07, 6.45) is -3.34. The third-order valence-electron chi connectivity index (χ3n) is 4.14. The maximum absolute atomic E-state index is 12.6. The standard InChI is InChI=1S/C13H16F3N5O3/c1-20-11(22)9-8(6-18-20)21(24-12(23)13(14,15)16)10(19-9)7-2-4-17-5-3-7/h6-7,10,17,19H,2-5H2,1H3. The minimum absolute atomic E-state index is 0.0271. The highest BCUT2D eigenvalue weighted by Gasteiger charge is 2.47. The molecule has 0 aliphatic carbocycles. The van der Waals surface area contributed by atoms with Gasteiger partial charge in [-0.25, -0.2) is 9.48 Å². The number of nitrogens with one attached hydrogen (secondary N) is 2. The summed E-state index contributed by atoms with van der Waals surface area (Å²) in [5, 5.41) is 10.7. The maximum atomic E-state index is 12.6. The second-order valence-corrected chi connectivity index (χ2v) is 5.71. The van der Waals surface area contributed by atoms with Crippen molar-refractivity contribution in [2.45, 2.75) is 25.2 Å². The molecule has 0 saturated carbocycles. The number of fused-ring (bicyclic) bond motifs is 1. The summed E-state index contributed by atoms with van der Waals surface area (Å²) in [5.74, 6) is -2.43. The summed E-state index contributed by atoms with van der Waals surface area (Å²) in [5.41, 5.74) is -0.401. The number of rotatable bonds is 2. The molecule has 132 valence electrons. The largest absolute Gasteiger partial charge is 0.493 e. The zero-order valence-electron chi connectivity index (χ0n) is 12.8. The summed E-state index contributed by atoms with van der Waals surface area (Å²) >= 11 is 0. The van der Waals surface area contributed by atoms with E-state index in [0.717, 1.165) is 9.75 Å². The molecule has 8 nitrogen and oxygen atoms in total. The number of carbonyl (C=O) groups excluding carboxylic acids is 1. The SMILES string of the molecule is Cn1ncc2c(c1=O)NC(C1CCNCC1)N2OC(=O)C(F)(F)F. The van der Waals surface area contributed by atoms with Crippen molar-refractivity contribution in [2.24, 2.45) is 13.0 Å². The Morgan fingerprint density at radius 3 is 2.67 bits per heavy atom. The smallest absolute Gasteiger partial charge is 0.356 e. The lowest BCUT2D eigenvalue weighted by molar-refractivity contribution is -0.202. The number of hydroxylamine groups is 1. The minimum Gasteiger partial charge on any atom is -0.356 e. The van der Waals surface area contributed by atoms with Crippen LogP contribution in [0.5, 0.6) is 0 Å². The normalized spacial score (nSPS) is 21.3. The van der Waals surface area contributed by atoms with Gasteiger partial charge in [-0.15, -0.1) is 0 Å². The first kappa shape index (κ1) is 16.6. The van der Waals surface area contributed by atoms with Crippen LogP contribution in [0.1, 0.15) is 12.8 Å². The van der Waals surface area contributed by atoms with Gasteiger partial charge >= 0.3 is 12.1 Å². The fourth-order valence-electron chi connectivity index (χ4n) is 2.91. The number of halogens is 3. The lowest BCUT2D eigenvalue weighted by Crippen LogP contribution is -2.48. The number of hydrogen-bond acceptors (Lipinski definition) is 7. The number of anilines is 2. The molecule has 1 fully saturated rings. The Hall–Kier alpha value is -2.30. The van der Waals surface area contributed by atoms with E-state index in [1.165, 1.54) is 13.2 Å². The molecule has 2 aliphatic rings. The molecule has 1 saturated heterocycles. The second kappa shape index (κ2) is 5.96. The quantitative estimate of drug-likeness (QED) is 0.798. The highest BCUT2D eigenvalue weighted by molar-refractivity contribution is 5.80. The van der Waals surface area contributed by atoms with Crippen molar-refractivity contribution >= 4 is 17.3 Å². The van der Waals surface area contributed by atoms with Crippen LogP contribution in [-0.4, -0.2) is 41.2 Å². The van der Waals surface area contributed by atoms with Gasteiger partial charge in [0, 0.05) is 13.0 Å². The highest BCUT2D eigenvalue weighted by Crippen LogP contribution is 2.37. The van der Waals surface area contributed by atoms with E-state index in [9.17, 15) is 22.8 Å². The summed E-state index contributed by atoms with van der Waals surface area (Å²) in [6.45, 7) is 1.38. The fraction of sp³-hybridized carbons (Fsp3) is 0.615. The summed E-state index contributed by atoms with van der Waals surface area (Å²) in [7, 11) is 1.42. The van der Waals surface area contributed by atoms with Crippen LogP contribution < -0.4 is 21.3 Å². The molecular weight excluding hydrogens is 331 g/mol. The van der Waals surface area contributed by atoms with Crippen molar-refractivity contribution < 1.29 is 22.8 Å². The molecule has 0 aromatic carbocycles. The molecule has 1 unspecified atom stereocenters. The van der Waals surface area contributed by atoms with Crippen LogP contribution in [-0.2, 0) is 16.7 Å². The Balaban J connectivity index is 1.95. The Bertz CT molecular complexity index is 699. The van der Waals surface area contributed by atoms with E-state index in [1.54, 1.807) is 0 Å². The Morgan fingerprint density at radius 2 is 2.04 bits per heavy atom. The Morgan fingerprint density at radius 1 is 1.38 bits per heavy atom. The molecule has 2 aliphatic heterocycles. The van der Waals surface area contributed by atoms with Crippen molar-refractivity contribution in [1.82, 2.24) is 15.1 Å². The van der Waals surface area contributed by atoms with E-state index in [1.807, 2.05) is 0 Å². The number of aryl methyl sites for hydroxylation is 1. The third-order valence-corrected chi connectivity index (χ3v) is 4.14. The van der Waals surface area contributed by atoms with Gasteiger partial charge in [0.1, 0.15) is 17.5 Å². The molecule has 0 amide bonds. The van der Waals surface area contributed by atoms with Crippen molar-refractivity contribution in [2.75, 3.05) is 23.5 Å². The van der Waals surface area contributed by atoms with Gasteiger partial charge in [-0.2, -0.15) is 23.3 Å². The van der Waals surface area contributed by atoms with Crippen molar-refractivity contribution in [3.8, 4) is 0 Å². The zero-order valence-corrected chi connectivity index (χ0v) is 12.8. The first-order valence-electron chi connectivity index (χ1n) is 7.41. The lowest BCUT2D eigenvalue weighted by atomic mass is 9.95. The van der Waals surface area contributed by atoms with Crippen LogP contribution >= 0.6 is 0 Å². The van der Waals surface area contributed by atoms with Gasteiger partial charge in [0.15, 0.2) is 0 Å². The molecule has 1 atom stereocenters. The first-order chi connectivity index (χ1) is 11.3. The number of carbonyl (C=O) groups is 1. The van der Waals surface area contributed by atoms with Gasteiger partial charge in [0.05, 0.1) is 6.20 Å². The summed E-state index contributed by atoms with van der Waals surface area (Å²) in [4.78, 5) is 28.0. The van der Waals surface area contributed by atoms with Crippen LogP contribution in [0.3, 0.4) is 0 Å². The van der Waals surface area contributed by atoms with Crippen molar-refractivity contribution in [3.63, 3.8) is 0 Å². The molecule has 0 bridgehead atoms. The zero-order chi connectivity index (χ0) is 17.5. The number of hydrogen-bond donors (Lipinski definition) is 2. The van der Waals surface area contributed by atoms with Crippen LogP contribution in [0.25, 0.3) is 0 Å². The van der Waals surface area contributed by atoms with E-state index in [2.05, 4.69) is 20.6 Å². The van der Waals surface area contributed by atoms with Gasteiger partial charge in [-0.05, 0) is 25.9 Å². The molecular formula is C13H16F3N5O3. The first-order valence-corrected chi connectivity index (χ1v) is 7.41. The van der Waals surface area contributed by atoms with Crippen LogP contribution in [0.15, 0.2) is 11.0 Å². The average Bonchev–Trinajstić information content (AvgIpc) is 2.90. The van der Waals surface area contributed by atoms with Crippen LogP contribution in [0.4, 0.5) is 24.5 Å². The second-order valence-electron chi connectivity index (χ2n) is 5.71. The number of piperidine rings is 1. The third kappa shape index (κ3) is 2.90.